The van der Waals surface area contributed by atoms with Crippen molar-refractivity contribution in [1.82, 2.24) is 15.0 Å². The Bertz CT molecular complexity index is 1030. The molecule has 1 amide bonds. The van der Waals surface area contributed by atoms with E-state index in [1.807, 2.05) is 62.4 Å². The summed E-state index contributed by atoms with van der Waals surface area (Å²) < 4.78 is 7.49. The number of hydrogen-bond donors (Lipinski definition) is 1. The molecule has 2 atom stereocenters. The van der Waals surface area contributed by atoms with Crippen LogP contribution >= 0.6 is 0 Å². The van der Waals surface area contributed by atoms with Crippen LogP contribution in [0.15, 0.2) is 48.5 Å². The predicted octanol–water partition coefficient (Wildman–Crippen LogP) is 3.75. The summed E-state index contributed by atoms with van der Waals surface area (Å²) in [5.41, 5.74) is 4.87. The van der Waals surface area contributed by atoms with Gasteiger partial charge in [0, 0.05) is 24.5 Å². The number of nitrogens with zero attached hydrogens (tertiary/aromatic N) is 4. The van der Waals surface area contributed by atoms with Crippen molar-refractivity contribution in [3.63, 3.8) is 0 Å². The molecular formula is C23H27N5O2. The maximum absolute atomic E-state index is 12.8. The number of rotatable bonds is 4. The van der Waals surface area contributed by atoms with E-state index in [1.54, 1.807) is 4.68 Å². The van der Waals surface area contributed by atoms with Gasteiger partial charge in [0.25, 0.3) is 5.91 Å². The third kappa shape index (κ3) is 4.21. The van der Waals surface area contributed by atoms with Crippen molar-refractivity contribution in [1.29, 1.82) is 0 Å². The summed E-state index contributed by atoms with van der Waals surface area (Å²) in [6.07, 6.45) is 0.402. The van der Waals surface area contributed by atoms with Gasteiger partial charge in [0.1, 0.15) is 0 Å². The van der Waals surface area contributed by atoms with Crippen molar-refractivity contribution in [3.8, 4) is 5.69 Å². The fourth-order valence-electron chi connectivity index (χ4n) is 3.88. The van der Waals surface area contributed by atoms with Crippen molar-refractivity contribution < 1.29 is 9.53 Å². The van der Waals surface area contributed by atoms with Gasteiger partial charge in [-0.25, -0.2) is 4.68 Å². The summed E-state index contributed by atoms with van der Waals surface area (Å²) in [6, 6.07) is 15.8. The van der Waals surface area contributed by atoms with Crippen LogP contribution in [0.2, 0.25) is 0 Å². The second-order valence-corrected chi connectivity index (χ2v) is 7.94. The Morgan fingerprint density at radius 3 is 2.40 bits per heavy atom. The molecule has 1 aromatic heterocycles. The molecule has 30 heavy (non-hydrogen) atoms. The summed E-state index contributed by atoms with van der Waals surface area (Å²) in [4.78, 5) is 15.1. The number of anilines is 2. The molecule has 0 bridgehead atoms. The van der Waals surface area contributed by atoms with E-state index in [9.17, 15) is 4.79 Å². The normalized spacial score (nSPS) is 19.0. The van der Waals surface area contributed by atoms with E-state index in [1.165, 1.54) is 0 Å². The number of nitrogens with one attached hydrogen (secondary N) is 1. The fraction of sp³-hybridized carbons (Fsp3) is 0.348. The highest BCUT2D eigenvalue weighted by Gasteiger charge is 2.22. The minimum atomic E-state index is -0.271. The maximum atomic E-state index is 12.8. The lowest BCUT2D eigenvalue weighted by Crippen LogP contribution is -2.45. The summed E-state index contributed by atoms with van der Waals surface area (Å²) >= 11 is 0. The number of benzene rings is 2. The van der Waals surface area contributed by atoms with Gasteiger partial charge < -0.3 is 15.0 Å². The summed E-state index contributed by atoms with van der Waals surface area (Å²) in [7, 11) is 0. The third-order valence-corrected chi connectivity index (χ3v) is 5.27. The highest BCUT2D eigenvalue weighted by molar-refractivity contribution is 6.03. The van der Waals surface area contributed by atoms with Crippen LogP contribution in [-0.2, 0) is 4.74 Å². The van der Waals surface area contributed by atoms with Gasteiger partial charge in [-0.3, -0.25) is 4.79 Å². The number of aromatic nitrogens is 3. The highest BCUT2D eigenvalue weighted by atomic mass is 16.5. The summed E-state index contributed by atoms with van der Waals surface area (Å²) in [5, 5.41) is 11.2. The SMILES string of the molecule is Cc1cccc(-n2nnc(C(=O)Nc3ccc(N4CC(C)OC(C)C4)cc3)c2C)c1. The van der Waals surface area contributed by atoms with Crippen molar-refractivity contribution in [2.24, 2.45) is 0 Å². The van der Waals surface area contributed by atoms with Crippen LogP contribution in [0.25, 0.3) is 5.69 Å². The Morgan fingerprint density at radius 2 is 1.73 bits per heavy atom. The second kappa shape index (κ2) is 8.28. The largest absolute Gasteiger partial charge is 0.372 e. The average Bonchev–Trinajstić information content (AvgIpc) is 3.09. The van der Waals surface area contributed by atoms with E-state index in [2.05, 4.69) is 34.4 Å². The molecule has 3 aromatic rings. The Morgan fingerprint density at radius 1 is 1.03 bits per heavy atom. The smallest absolute Gasteiger partial charge is 0.278 e. The first-order chi connectivity index (χ1) is 14.4. The number of ether oxygens (including phenoxy) is 1. The van der Waals surface area contributed by atoms with Gasteiger partial charge in [-0.15, -0.1) is 5.10 Å². The number of aryl methyl sites for hydroxylation is 1. The maximum Gasteiger partial charge on any atom is 0.278 e. The van der Waals surface area contributed by atoms with Crippen LogP contribution in [0.5, 0.6) is 0 Å². The second-order valence-electron chi connectivity index (χ2n) is 7.94. The molecule has 4 rings (SSSR count). The van der Waals surface area contributed by atoms with Gasteiger partial charge in [0.2, 0.25) is 0 Å². The Labute approximate surface area is 176 Å². The van der Waals surface area contributed by atoms with Crippen molar-refractivity contribution in [2.75, 3.05) is 23.3 Å². The van der Waals surface area contributed by atoms with Gasteiger partial charge in [-0.1, -0.05) is 17.3 Å². The van der Waals surface area contributed by atoms with E-state index in [4.69, 9.17) is 4.74 Å². The zero-order valence-electron chi connectivity index (χ0n) is 17.8. The number of carbonyl (C=O) groups excluding carboxylic acids is 1. The third-order valence-electron chi connectivity index (χ3n) is 5.27. The van der Waals surface area contributed by atoms with Gasteiger partial charge >= 0.3 is 0 Å². The van der Waals surface area contributed by atoms with E-state index in [-0.39, 0.29) is 18.1 Å². The van der Waals surface area contributed by atoms with Crippen molar-refractivity contribution in [2.45, 2.75) is 39.9 Å². The lowest BCUT2D eigenvalue weighted by molar-refractivity contribution is -0.00521. The molecule has 2 heterocycles. The van der Waals surface area contributed by atoms with E-state index < -0.39 is 0 Å². The number of morpholine rings is 1. The number of carbonyl (C=O) groups is 1. The van der Waals surface area contributed by atoms with Crippen LogP contribution in [0.3, 0.4) is 0 Å². The topological polar surface area (TPSA) is 72.3 Å². The standard InChI is InChI=1S/C23H27N5O2/c1-15-6-5-7-21(12-15)28-18(4)22(25-26-28)23(29)24-19-8-10-20(11-9-19)27-13-16(2)30-17(3)14-27/h5-12,16-17H,13-14H2,1-4H3,(H,24,29). The molecular weight excluding hydrogens is 378 g/mol. The zero-order chi connectivity index (χ0) is 21.3. The predicted molar refractivity (Wildman–Crippen MR) is 117 cm³/mol. The Hall–Kier alpha value is -3.19. The van der Waals surface area contributed by atoms with E-state index >= 15 is 0 Å². The van der Waals surface area contributed by atoms with E-state index in [0.717, 1.165) is 35.7 Å². The molecule has 7 nitrogen and oxygen atoms in total. The molecule has 0 spiro atoms. The molecule has 1 aliphatic heterocycles. The van der Waals surface area contributed by atoms with Crippen molar-refractivity contribution >= 4 is 17.3 Å². The Kier molecular flexibility index (Phi) is 5.55. The lowest BCUT2D eigenvalue weighted by Gasteiger charge is -2.36. The first-order valence-electron chi connectivity index (χ1n) is 10.2. The Balaban J connectivity index is 1.47. The van der Waals surface area contributed by atoms with E-state index in [0.29, 0.717) is 11.4 Å². The minimum Gasteiger partial charge on any atom is -0.372 e. The van der Waals surface area contributed by atoms with Gasteiger partial charge in [0.05, 0.1) is 23.6 Å². The van der Waals surface area contributed by atoms with Crippen molar-refractivity contribution in [3.05, 3.63) is 65.5 Å². The van der Waals surface area contributed by atoms with Gasteiger partial charge in [-0.2, -0.15) is 0 Å². The molecule has 7 heteroatoms. The van der Waals surface area contributed by atoms with Gasteiger partial charge in [0.15, 0.2) is 5.69 Å². The first-order valence-corrected chi connectivity index (χ1v) is 10.2. The zero-order valence-corrected chi connectivity index (χ0v) is 17.8. The van der Waals surface area contributed by atoms with Crippen LogP contribution in [0.1, 0.15) is 35.6 Å². The molecule has 0 saturated carbocycles. The number of hydrogen-bond acceptors (Lipinski definition) is 5. The van der Waals surface area contributed by atoms with Crippen LogP contribution in [0, 0.1) is 13.8 Å². The molecule has 0 aliphatic carbocycles. The van der Waals surface area contributed by atoms with Crippen LogP contribution < -0.4 is 10.2 Å². The molecule has 2 unspecified atom stereocenters. The number of amides is 1. The lowest BCUT2D eigenvalue weighted by atomic mass is 10.2. The monoisotopic (exact) mass is 405 g/mol. The van der Waals surface area contributed by atoms with Gasteiger partial charge in [-0.05, 0) is 69.7 Å². The molecule has 2 aromatic carbocycles. The molecule has 1 fully saturated rings. The minimum absolute atomic E-state index is 0.201. The quantitative estimate of drug-likeness (QED) is 0.716. The first kappa shape index (κ1) is 20.1. The molecule has 1 saturated heterocycles. The molecule has 156 valence electrons. The fourth-order valence-corrected chi connectivity index (χ4v) is 3.88. The molecule has 1 N–H and O–H groups in total. The molecule has 1 aliphatic rings. The average molecular weight is 406 g/mol. The highest BCUT2D eigenvalue weighted by Crippen LogP contribution is 2.23. The molecule has 0 radical (unpaired) electrons. The summed E-state index contributed by atoms with van der Waals surface area (Å²) in [6.45, 7) is 9.76. The van der Waals surface area contributed by atoms with Crippen LogP contribution in [0.4, 0.5) is 11.4 Å². The summed E-state index contributed by atoms with van der Waals surface area (Å²) in [5.74, 6) is -0.271. The van der Waals surface area contributed by atoms with Crippen LogP contribution in [-0.4, -0.2) is 46.2 Å².